The molecule has 0 aliphatic rings. The molecule has 1 amide bonds. The Bertz CT molecular complexity index is 449. The van der Waals surface area contributed by atoms with Crippen molar-refractivity contribution in [2.24, 2.45) is 0 Å². The van der Waals surface area contributed by atoms with Crippen LogP contribution >= 0.6 is 0 Å². The van der Waals surface area contributed by atoms with Crippen LogP contribution < -0.4 is 4.90 Å². The molecule has 0 saturated carbocycles. The maximum Gasteiger partial charge on any atom is 0.332 e. The summed E-state index contributed by atoms with van der Waals surface area (Å²) >= 11 is 0. The third-order valence-electron chi connectivity index (χ3n) is 2.30. The first-order chi connectivity index (χ1) is 8.54. The molecule has 4 heteroatoms. The molecule has 0 atom stereocenters. The lowest BCUT2D eigenvalue weighted by atomic mass is 10.2. The molecule has 18 heavy (non-hydrogen) atoms. The van der Waals surface area contributed by atoms with Crippen molar-refractivity contribution < 1.29 is 14.3 Å². The molecule has 0 aliphatic heterocycles. The number of hydrogen-bond donors (Lipinski definition) is 0. The smallest absolute Gasteiger partial charge is 0.332 e. The van der Waals surface area contributed by atoms with Gasteiger partial charge in [0.15, 0.2) is 0 Å². The van der Waals surface area contributed by atoms with E-state index in [-0.39, 0.29) is 5.91 Å². The maximum atomic E-state index is 11.5. The predicted octanol–water partition coefficient (Wildman–Crippen LogP) is 2.42. The molecule has 0 unspecified atom stereocenters. The molecule has 0 heterocycles. The highest BCUT2D eigenvalue weighted by atomic mass is 16.5. The van der Waals surface area contributed by atoms with Gasteiger partial charge in [-0.15, -0.1) is 0 Å². The van der Waals surface area contributed by atoms with Crippen molar-refractivity contribution in [3.8, 4) is 0 Å². The fraction of sp³-hybridized carbons (Fsp3) is 0.286. The van der Waals surface area contributed by atoms with Crippen LogP contribution in [0.5, 0.6) is 0 Å². The molecule has 0 aromatic heterocycles. The number of anilines is 1. The van der Waals surface area contributed by atoms with E-state index in [0.29, 0.717) is 12.3 Å². The number of hydrogen-bond acceptors (Lipinski definition) is 3. The van der Waals surface area contributed by atoms with E-state index in [2.05, 4.69) is 0 Å². The zero-order valence-corrected chi connectivity index (χ0v) is 10.8. The van der Waals surface area contributed by atoms with E-state index < -0.39 is 5.97 Å². The number of rotatable bonds is 4. The first-order valence-corrected chi connectivity index (χ1v) is 5.76. The minimum atomic E-state index is -0.462. The van der Waals surface area contributed by atoms with Crippen LogP contribution in [0.3, 0.4) is 0 Å². The number of ether oxygens (including phenoxy) is 1. The first kappa shape index (κ1) is 14.0. The van der Waals surface area contributed by atoms with E-state index in [4.69, 9.17) is 4.74 Å². The quantitative estimate of drug-likeness (QED) is 0.606. The summed E-state index contributed by atoms with van der Waals surface area (Å²) in [5.74, 6) is -0.629. The van der Waals surface area contributed by atoms with E-state index in [1.165, 1.54) is 24.1 Å². The molecule has 0 saturated heterocycles. The van der Waals surface area contributed by atoms with Crippen LogP contribution in [-0.2, 0) is 14.3 Å². The van der Waals surface area contributed by atoms with Gasteiger partial charge in [0.1, 0.15) is 0 Å². The van der Waals surface area contributed by atoms with Gasteiger partial charge in [0, 0.05) is 24.9 Å². The Morgan fingerprint density at radius 2 is 1.89 bits per heavy atom. The number of carbonyl (C=O) groups excluding carboxylic acids is 2. The van der Waals surface area contributed by atoms with Gasteiger partial charge in [-0.1, -0.05) is 17.7 Å². The molecule has 0 fully saturated rings. The number of nitrogens with zero attached hydrogens (tertiary/aromatic N) is 1. The van der Waals surface area contributed by atoms with Crippen molar-refractivity contribution in [2.45, 2.75) is 20.8 Å². The molecule has 0 bridgehead atoms. The van der Waals surface area contributed by atoms with Crippen molar-refractivity contribution in [1.82, 2.24) is 0 Å². The van der Waals surface area contributed by atoms with Gasteiger partial charge < -0.3 is 4.74 Å². The minimum absolute atomic E-state index is 0.167. The second-order valence-electron chi connectivity index (χ2n) is 3.79. The Morgan fingerprint density at radius 1 is 1.28 bits per heavy atom. The average molecular weight is 247 g/mol. The van der Waals surface area contributed by atoms with Crippen LogP contribution in [0.1, 0.15) is 19.4 Å². The van der Waals surface area contributed by atoms with Crippen LogP contribution in [0.25, 0.3) is 0 Å². The highest BCUT2D eigenvalue weighted by Crippen LogP contribution is 2.15. The Labute approximate surface area is 107 Å². The van der Waals surface area contributed by atoms with Gasteiger partial charge in [0.2, 0.25) is 5.91 Å². The number of esters is 1. The lowest BCUT2D eigenvalue weighted by molar-refractivity contribution is -0.137. The molecule has 96 valence electrons. The van der Waals surface area contributed by atoms with Gasteiger partial charge in [-0.05, 0) is 26.0 Å². The lowest BCUT2D eigenvalue weighted by Crippen LogP contribution is -2.22. The topological polar surface area (TPSA) is 46.6 Å². The maximum absolute atomic E-state index is 11.5. The highest BCUT2D eigenvalue weighted by molar-refractivity contribution is 5.95. The molecule has 4 nitrogen and oxygen atoms in total. The Morgan fingerprint density at radius 3 is 2.39 bits per heavy atom. The van der Waals surface area contributed by atoms with E-state index in [1.54, 1.807) is 6.92 Å². The molecule has 0 N–H and O–H groups in total. The molecule has 0 aliphatic carbocycles. The molecule has 1 aromatic rings. The average Bonchev–Trinajstić information content (AvgIpc) is 2.31. The van der Waals surface area contributed by atoms with Crippen LogP contribution in [0, 0.1) is 6.92 Å². The Kier molecular flexibility index (Phi) is 5.11. The summed E-state index contributed by atoms with van der Waals surface area (Å²) in [6, 6.07) is 7.46. The van der Waals surface area contributed by atoms with Gasteiger partial charge in [0.25, 0.3) is 0 Å². The summed E-state index contributed by atoms with van der Waals surface area (Å²) in [5.41, 5.74) is 1.82. The van der Waals surface area contributed by atoms with Gasteiger partial charge in [-0.3, -0.25) is 9.69 Å². The standard InChI is InChI=1S/C14H17NO3/c1-4-18-14(17)9-10-15(12(3)16)13-7-5-11(2)6-8-13/h5-10H,4H2,1-3H3/b10-9+. The van der Waals surface area contributed by atoms with Gasteiger partial charge in [0.05, 0.1) is 6.61 Å². The van der Waals surface area contributed by atoms with Crippen LogP contribution in [0.4, 0.5) is 5.69 Å². The van der Waals surface area contributed by atoms with Crippen molar-refractivity contribution in [2.75, 3.05) is 11.5 Å². The predicted molar refractivity (Wildman–Crippen MR) is 70.1 cm³/mol. The van der Waals surface area contributed by atoms with E-state index in [1.807, 2.05) is 31.2 Å². The molecule has 0 radical (unpaired) electrons. The van der Waals surface area contributed by atoms with Crippen molar-refractivity contribution in [3.63, 3.8) is 0 Å². The minimum Gasteiger partial charge on any atom is -0.463 e. The first-order valence-electron chi connectivity index (χ1n) is 5.76. The third kappa shape index (κ3) is 4.05. The molecule has 1 aromatic carbocycles. The van der Waals surface area contributed by atoms with Crippen LogP contribution in [-0.4, -0.2) is 18.5 Å². The number of carbonyl (C=O) groups is 2. The summed E-state index contributed by atoms with van der Waals surface area (Å²) in [6.07, 6.45) is 2.66. The largest absolute Gasteiger partial charge is 0.463 e. The third-order valence-corrected chi connectivity index (χ3v) is 2.30. The van der Waals surface area contributed by atoms with Crippen LogP contribution in [0.15, 0.2) is 36.5 Å². The van der Waals surface area contributed by atoms with Gasteiger partial charge in [-0.25, -0.2) is 4.79 Å². The summed E-state index contributed by atoms with van der Waals surface area (Å²) in [7, 11) is 0. The lowest BCUT2D eigenvalue weighted by Gasteiger charge is -2.16. The monoisotopic (exact) mass is 247 g/mol. The summed E-state index contributed by atoms with van der Waals surface area (Å²) in [6.45, 7) is 5.45. The zero-order valence-electron chi connectivity index (χ0n) is 10.8. The van der Waals surface area contributed by atoms with Gasteiger partial charge >= 0.3 is 5.97 Å². The highest BCUT2D eigenvalue weighted by Gasteiger charge is 2.08. The van der Waals surface area contributed by atoms with Crippen molar-refractivity contribution in [1.29, 1.82) is 0 Å². The molecular weight excluding hydrogens is 230 g/mol. The Balaban J connectivity index is 2.87. The Hall–Kier alpha value is -2.10. The van der Waals surface area contributed by atoms with E-state index in [9.17, 15) is 9.59 Å². The molecular formula is C14H17NO3. The molecule has 0 spiro atoms. The second kappa shape index (κ2) is 6.59. The second-order valence-corrected chi connectivity index (χ2v) is 3.79. The van der Waals surface area contributed by atoms with Crippen LogP contribution in [0.2, 0.25) is 0 Å². The summed E-state index contributed by atoms with van der Waals surface area (Å²) in [4.78, 5) is 24.1. The number of aryl methyl sites for hydroxylation is 1. The van der Waals surface area contributed by atoms with Gasteiger partial charge in [-0.2, -0.15) is 0 Å². The SMILES string of the molecule is CCOC(=O)/C=C/N(C(C)=O)c1ccc(C)cc1. The van der Waals surface area contributed by atoms with Crippen molar-refractivity contribution >= 4 is 17.6 Å². The fourth-order valence-corrected chi connectivity index (χ4v) is 1.40. The van der Waals surface area contributed by atoms with E-state index in [0.717, 1.165) is 5.56 Å². The fourth-order valence-electron chi connectivity index (χ4n) is 1.40. The normalized spacial score (nSPS) is 10.4. The van der Waals surface area contributed by atoms with E-state index >= 15 is 0 Å². The zero-order chi connectivity index (χ0) is 13.5. The summed E-state index contributed by atoms with van der Waals surface area (Å²) < 4.78 is 4.76. The number of benzene rings is 1. The summed E-state index contributed by atoms with van der Waals surface area (Å²) in [5, 5.41) is 0. The van der Waals surface area contributed by atoms with Crippen molar-refractivity contribution in [3.05, 3.63) is 42.1 Å². The number of amides is 1. The molecule has 1 rings (SSSR count).